The highest BCUT2D eigenvalue weighted by atomic mass is 19.1. The van der Waals surface area contributed by atoms with E-state index in [1.54, 1.807) is 13.2 Å². The molecular formula is C14H22FNO. The van der Waals surface area contributed by atoms with E-state index in [2.05, 4.69) is 12.2 Å². The highest BCUT2D eigenvalue weighted by Crippen LogP contribution is 2.25. The van der Waals surface area contributed by atoms with Gasteiger partial charge in [0.15, 0.2) is 0 Å². The van der Waals surface area contributed by atoms with Crippen LogP contribution in [0, 0.1) is 12.7 Å². The summed E-state index contributed by atoms with van der Waals surface area (Å²) >= 11 is 0. The maximum atomic E-state index is 13.3. The SMILES string of the molecule is CCCC(OC)C(NC)c1cc(F)ccc1C. The van der Waals surface area contributed by atoms with Crippen molar-refractivity contribution in [2.24, 2.45) is 0 Å². The smallest absolute Gasteiger partial charge is 0.123 e. The molecule has 0 spiro atoms. The van der Waals surface area contributed by atoms with Crippen LogP contribution in [0.3, 0.4) is 0 Å². The van der Waals surface area contributed by atoms with Crippen LogP contribution in [0.25, 0.3) is 0 Å². The lowest BCUT2D eigenvalue weighted by molar-refractivity contribution is 0.0627. The second kappa shape index (κ2) is 6.72. The minimum absolute atomic E-state index is 0.0376. The third-order valence-electron chi connectivity index (χ3n) is 3.14. The summed E-state index contributed by atoms with van der Waals surface area (Å²) in [5.74, 6) is -0.197. The molecule has 96 valence electrons. The summed E-state index contributed by atoms with van der Waals surface area (Å²) in [4.78, 5) is 0. The molecule has 0 saturated heterocycles. The number of hydrogen-bond acceptors (Lipinski definition) is 2. The van der Waals surface area contributed by atoms with Crippen LogP contribution in [0.1, 0.15) is 36.9 Å². The van der Waals surface area contributed by atoms with Gasteiger partial charge >= 0.3 is 0 Å². The quantitative estimate of drug-likeness (QED) is 0.823. The number of nitrogens with one attached hydrogen (secondary N) is 1. The molecule has 1 aromatic carbocycles. The molecule has 0 amide bonds. The molecule has 17 heavy (non-hydrogen) atoms. The van der Waals surface area contributed by atoms with Crippen molar-refractivity contribution in [2.75, 3.05) is 14.2 Å². The molecule has 0 aliphatic heterocycles. The van der Waals surface area contributed by atoms with Crippen LogP contribution in [0.2, 0.25) is 0 Å². The van der Waals surface area contributed by atoms with Crippen molar-refractivity contribution in [1.29, 1.82) is 0 Å². The third-order valence-corrected chi connectivity index (χ3v) is 3.14. The highest BCUT2D eigenvalue weighted by Gasteiger charge is 2.22. The minimum Gasteiger partial charge on any atom is -0.379 e. The summed E-state index contributed by atoms with van der Waals surface area (Å²) in [6.07, 6.45) is 2.08. The monoisotopic (exact) mass is 239 g/mol. The van der Waals surface area contributed by atoms with E-state index >= 15 is 0 Å². The number of methoxy groups -OCH3 is 1. The van der Waals surface area contributed by atoms with Gasteiger partial charge in [-0.3, -0.25) is 0 Å². The molecule has 2 unspecified atom stereocenters. The van der Waals surface area contributed by atoms with E-state index in [-0.39, 0.29) is 18.0 Å². The first kappa shape index (κ1) is 14.1. The first-order valence-corrected chi connectivity index (χ1v) is 6.10. The van der Waals surface area contributed by atoms with Gasteiger partial charge in [0.25, 0.3) is 0 Å². The Morgan fingerprint density at radius 2 is 2.12 bits per heavy atom. The molecule has 1 aromatic rings. The lowest BCUT2D eigenvalue weighted by Gasteiger charge is -2.27. The Hall–Kier alpha value is -0.930. The van der Waals surface area contributed by atoms with Gasteiger partial charge in [0.2, 0.25) is 0 Å². The van der Waals surface area contributed by atoms with E-state index in [1.165, 1.54) is 6.07 Å². The van der Waals surface area contributed by atoms with Crippen molar-refractivity contribution in [1.82, 2.24) is 5.32 Å². The molecule has 0 heterocycles. The van der Waals surface area contributed by atoms with Crippen LogP contribution < -0.4 is 5.32 Å². The predicted octanol–water partition coefficient (Wildman–Crippen LogP) is 3.21. The number of aryl methyl sites for hydroxylation is 1. The maximum absolute atomic E-state index is 13.3. The molecule has 0 aromatic heterocycles. The predicted molar refractivity (Wildman–Crippen MR) is 68.6 cm³/mol. The van der Waals surface area contributed by atoms with E-state index in [9.17, 15) is 4.39 Å². The van der Waals surface area contributed by atoms with Crippen molar-refractivity contribution >= 4 is 0 Å². The Balaban J connectivity index is 3.02. The van der Waals surface area contributed by atoms with Gasteiger partial charge in [0.05, 0.1) is 12.1 Å². The lowest BCUT2D eigenvalue weighted by atomic mass is 9.94. The Kier molecular flexibility index (Phi) is 5.59. The fourth-order valence-corrected chi connectivity index (χ4v) is 2.19. The van der Waals surface area contributed by atoms with Crippen molar-refractivity contribution < 1.29 is 9.13 Å². The molecule has 0 saturated carbocycles. The van der Waals surface area contributed by atoms with Gasteiger partial charge in [-0.25, -0.2) is 4.39 Å². The molecule has 2 atom stereocenters. The van der Waals surface area contributed by atoms with Gasteiger partial charge in [-0.15, -0.1) is 0 Å². The van der Waals surface area contributed by atoms with Gasteiger partial charge in [-0.1, -0.05) is 19.4 Å². The fraction of sp³-hybridized carbons (Fsp3) is 0.571. The summed E-state index contributed by atoms with van der Waals surface area (Å²) in [5, 5.41) is 3.23. The fourth-order valence-electron chi connectivity index (χ4n) is 2.19. The van der Waals surface area contributed by atoms with Gasteiger partial charge in [0, 0.05) is 7.11 Å². The Labute approximate surface area is 103 Å². The standard InChI is InChI=1S/C14H22FNO/c1-5-6-13(17-4)14(16-3)12-9-11(15)8-7-10(12)2/h7-9,13-14,16H,5-6H2,1-4H3. The van der Waals surface area contributed by atoms with E-state index < -0.39 is 0 Å². The van der Waals surface area contributed by atoms with E-state index in [1.807, 2.05) is 20.0 Å². The van der Waals surface area contributed by atoms with Crippen LogP contribution in [0.4, 0.5) is 4.39 Å². The van der Waals surface area contributed by atoms with Crippen molar-refractivity contribution in [2.45, 2.75) is 38.8 Å². The molecule has 0 fully saturated rings. The summed E-state index contributed by atoms with van der Waals surface area (Å²) in [6.45, 7) is 4.12. The van der Waals surface area contributed by atoms with E-state index in [4.69, 9.17) is 4.74 Å². The Bertz CT molecular complexity index is 354. The molecule has 0 radical (unpaired) electrons. The van der Waals surface area contributed by atoms with Crippen LogP contribution in [-0.4, -0.2) is 20.3 Å². The number of benzene rings is 1. The normalized spacial score (nSPS) is 14.6. The van der Waals surface area contributed by atoms with E-state index in [0.717, 1.165) is 24.0 Å². The zero-order valence-electron chi connectivity index (χ0n) is 11.1. The number of halogens is 1. The summed E-state index contributed by atoms with van der Waals surface area (Å²) in [5.41, 5.74) is 2.07. The van der Waals surface area contributed by atoms with Gasteiger partial charge in [0.1, 0.15) is 5.82 Å². The lowest BCUT2D eigenvalue weighted by Crippen LogP contribution is -2.31. The Morgan fingerprint density at radius 1 is 1.41 bits per heavy atom. The van der Waals surface area contributed by atoms with Crippen LogP contribution in [-0.2, 0) is 4.74 Å². The largest absolute Gasteiger partial charge is 0.379 e. The second-order valence-corrected chi connectivity index (χ2v) is 4.33. The maximum Gasteiger partial charge on any atom is 0.123 e. The molecule has 2 nitrogen and oxygen atoms in total. The van der Waals surface area contributed by atoms with Crippen molar-refractivity contribution in [3.63, 3.8) is 0 Å². The van der Waals surface area contributed by atoms with Crippen molar-refractivity contribution in [3.8, 4) is 0 Å². The van der Waals surface area contributed by atoms with Crippen LogP contribution in [0.15, 0.2) is 18.2 Å². The number of likely N-dealkylation sites (N-methyl/N-ethyl adjacent to an activating group) is 1. The molecular weight excluding hydrogens is 217 g/mol. The Morgan fingerprint density at radius 3 is 2.65 bits per heavy atom. The zero-order chi connectivity index (χ0) is 12.8. The topological polar surface area (TPSA) is 21.3 Å². The molecule has 0 aliphatic carbocycles. The number of ether oxygens (including phenoxy) is 1. The van der Waals surface area contributed by atoms with Crippen LogP contribution >= 0.6 is 0 Å². The number of rotatable bonds is 6. The number of hydrogen-bond donors (Lipinski definition) is 1. The molecule has 0 aliphatic rings. The second-order valence-electron chi connectivity index (χ2n) is 4.33. The minimum atomic E-state index is -0.197. The average Bonchev–Trinajstić information content (AvgIpc) is 2.33. The summed E-state index contributed by atoms with van der Waals surface area (Å²) in [7, 11) is 3.59. The zero-order valence-corrected chi connectivity index (χ0v) is 11.1. The molecule has 1 N–H and O–H groups in total. The molecule has 1 rings (SSSR count). The van der Waals surface area contributed by atoms with Gasteiger partial charge in [-0.2, -0.15) is 0 Å². The first-order valence-electron chi connectivity index (χ1n) is 6.10. The average molecular weight is 239 g/mol. The van der Waals surface area contributed by atoms with Crippen LogP contribution in [0.5, 0.6) is 0 Å². The third kappa shape index (κ3) is 3.51. The van der Waals surface area contributed by atoms with Gasteiger partial charge < -0.3 is 10.1 Å². The first-order chi connectivity index (χ1) is 8.13. The summed E-state index contributed by atoms with van der Waals surface area (Å²) in [6, 6.07) is 4.94. The molecule has 0 bridgehead atoms. The highest BCUT2D eigenvalue weighted by molar-refractivity contribution is 5.30. The molecule has 3 heteroatoms. The van der Waals surface area contributed by atoms with Gasteiger partial charge in [-0.05, 0) is 43.7 Å². The van der Waals surface area contributed by atoms with Crippen molar-refractivity contribution in [3.05, 3.63) is 35.1 Å². The summed E-state index contributed by atoms with van der Waals surface area (Å²) < 4.78 is 18.8. The van der Waals surface area contributed by atoms with E-state index in [0.29, 0.717) is 0 Å².